The molecule has 0 aliphatic heterocycles. The van der Waals surface area contributed by atoms with E-state index in [0.29, 0.717) is 19.6 Å². The molecule has 0 radical (unpaired) electrons. The van der Waals surface area contributed by atoms with Gasteiger partial charge in [-0.05, 0) is 20.3 Å². The molecule has 1 atom stereocenters. The summed E-state index contributed by atoms with van der Waals surface area (Å²) in [7, 11) is 0. The lowest BCUT2D eigenvalue weighted by Crippen LogP contribution is -2.34. The van der Waals surface area contributed by atoms with E-state index in [1.165, 1.54) is 0 Å². The largest absolute Gasteiger partial charge is 0.465 e. The van der Waals surface area contributed by atoms with Crippen molar-refractivity contribution in [3.05, 3.63) is 0 Å². The molecule has 0 aliphatic carbocycles. The number of carbonyl (C=O) groups is 2. The van der Waals surface area contributed by atoms with Gasteiger partial charge in [0.05, 0.1) is 6.61 Å². The van der Waals surface area contributed by atoms with Crippen molar-refractivity contribution >= 4 is 24.3 Å². The Hall–Kier alpha value is -0.810. The van der Waals surface area contributed by atoms with Crippen molar-refractivity contribution < 1.29 is 14.3 Å². The Morgan fingerprint density at radius 1 is 1.40 bits per heavy atom. The minimum absolute atomic E-state index is 0. The molecule has 0 aromatic heterocycles. The van der Waals surface area contributed by atoms with Gasteiger partial charge >= 0.3 is 5.97 Å². The molecule has 0 rings (SSSR count). The van der Waals surface area contributed by atoms with Crippen LogP contribution in [0.3, 0.4) is 0 Å². The van der Waals surface area contributed by atoms with Crippen LogP contribution in [0.15, 0.2) is 0 Å². The number of halogens is 1. The topological polar surface area (TPSA) is 81.4 Å². The first-order valence-electron chi connectivity index (χ1n) is 4.80. The average Bonchev–Trinajstić information content (AvgIpc) is 2.15. The van der Waals surface area contributed by atoms with Crippen LogP contribution in [0, 0.1) is 0 Å². The number of nitrogens with two attached hydrogens (primary N) is 1. The molecular formula is C9H19ClN2O3. The fourth-order valence-corrected chi connectivity index (χ4v) is 0.939. The molecule has 0 bridgehead atoms. The van der Waals surface area contributed by atoms with Gasteiger partial charge in [-0.1, -0.05) is 0 Å². The standard InChI is InChI=1S/C9H18N2O3.ClH/c1-3-11-8(12)6-5-7(10)9(13)14-4-2;/h7H,3-6,10H2,1-2H3,(H,11,12);1H/t7-;/m0./s1. The van der Waals surface area contributed by atoms with Gasteiger partial charge in [0, 0.05) is 13.0 Å². The smallest absolute Gasteiger partial charge is 0.322 e. The van der Waals surface area contributed by atoms with Crippen molar-refractivity contribution in [2.45, 2.75) is 32.7 Å². The van der Waals surface area contributed by atoms with Crippen molar-refractivity contribution in [3.8, 4) is 0 Å². The molecule has 0 aliphatic rings. The van der Waals surface area contributed by atoms with Gasteiger partial charge < -0.3 is 15.8 Å². The predicted molar refractivity (Wildman–Crippen MR) is 59.8 cm³/mol. The predicted octanol–water partition coefficient (Wildman–Crippen LogP) is 0.215. The third kappa shape index (κ3) is 8.20. The molecule has 3 N–H and O–H groups in total. The fraction of sp³-hybridized carbons (Fsp3) is 0.778. The van der Waals surface area contributed by atoms with Gasteiger partial charge in [0.25, 0.3) is 0 Å². The van der Waals surface area contributed by atoms with E-state index in [4.69, 9.17) is 10.5 Å². The molecule has 1 amide bonds. The average molecular weight is 239 g/mol. The summed E-state index contributed by atoms with van der Waals surface area (Å²) in [5, 5.41) is 2.63. The molecule has 6 heteroatoms. The number of ether oxygens (including phenoxy) is 1. The molecular weight excluding hydrogens is 220 g/mol. The maximum Gasteiger partial charge on any atom is 0.322 e. The minimum Gasteiger partial charge on any atom is -0.465 e. The molecule has 5 nitrogen and oxygen atoms in total. The van der Waals surface area contributed by atoms with E-state index in [-0.39, 0.29) is 24.7 Å². The van der Waals surface area contributed by atoms with Gasteiger partial charge in [-0.3, -0.25) is 9.59 Å². The third-order valence-corrected chi connectivity index (χ3v) is 1.65. The summed E-state index contributed by atoms with van der Waals surface area (Å²) >= 11 is 0. The SMILES string of the molecule is CCNC(=O)CC[C@H](N)C(=O)OCC.Cl. The number of esters is 1. The van der Waals surface area contributed by atoms with Crippen molar-refractivity contribution in [2.75, 3.05) is 13.2 Å². The van der Waals surface area contributed by atoms with E-state index >= 15 is 0 Å². The number of amides is 1. The molecule has 0 saturated heterocycles. The molecule has 0 spiro atoms. The molecule has 0 heterocycles. The summed E-state index contributed by atoms with van der Waals surface area (Å²) in [6.45, 7) is 4.46. The zero-order valence-corrected chi connectivity index (χ0v) is 9.93. The van der Waals surface area contributed by atoms with E-state index in [9.17, 15) is 9.59 Å². The highest BCUT2D eigenvalue weighted by molar-refractivity contribution is 5.85. The van der Waals surface area contributed by atoms with Gasteiger partial charge in [0.15, 0.2) is 0 Å². The van der Waals surface area contributed by atoms with Gasteiger partial charge in [-0.15, -0.1) is 12.4 Å². The van der Waals surface area contributed by atoms with Gasteiger partial charge in [-0.25, -0.2) is 0 Å². The van der Waals surface area contributed by atoms with Crippen LogP contribution in [0.25, 0.3) is 0 Å². The molecule has 0 fully saturated rings. The molecule has 15 heavy (non-hydrogen) atoms. The highest BCUT2D eigenvalue weighted by Gasteiger charge is 2.15. The van der Waals surface area contributed by atoms with Crippen LogP contribution in [-0.2, 0) is 14.3 Å². The lowest BCUT2D eigenvalue weighted by molar-refractivity contribution is -0.144. The summed E-state index contributed by atoms with van der Waals surface area (Å²) in [5.74, 6) is -0.538. The maximum atomic E-state index is 11.0. The van der Waals surface area contributed by atoms with Crippen LogP contribution >= 0.6 is 12.4 Å². The van der Waals surface area contributed by atoms with E-state index in [2.05, 4.69) is 5.32 Å². The molecule has 0 aromatic carbocycles. The first kappa shape index (κ1) is 16.6. The molecule has 0 unspecified atom stereocenters. The normalized spacial score (nSPS) is 11.1. The number of rotatable bonds is 6. The maximum absolute atomic E-state index is 11.0. The zero-order valence-electron chi connectivity index (χ0n) is 9.12. The zero-order chi connectivity index (χ0) is 11.0. The quantitative estimate of drug-likeness (QED) is 0.649. The van der Waals surface area contributed by atoms with E-state index in [1.54, 1.807) is 6.92 Å². The Labute approximate surface area is 96.1 Å². The Bertz CT molecular complexity index is 200. The van der Waals surface area contributed by atoms with Crippen LogP contribution in [0.2, 0.25) is 0 Å². The highest BCUT2D eigenvalue weighted by Crippen LogP contribution is 1.97. The lowest BCUT2D eigenvalue weighted by atomic mass is 10.1. The minimum atomic E-state index is -0.697. The lowest BCUT2D eigenvalue weighted by Gasteiger charge is -2.09. The van der Waals surface area contributed by atoms with Gasteiger partial charge in [-0.2, -0.15) is 0 Å². The monoisotopic (exact) mass is 238 g/mol. The molecule has 0 saturated carbocycles. The van der Waals surface area contributed by atoms with Crippen LogP contribution in [0.1, 0.15) is 26.7 Å². The Morgan fingerprint density at radius 2 is 2.00 bits per heavy atom. The van der Waals surface area contributed by atoms with Crippen LogP contribution in [0.5, 0.6) is 0 Å². The Kier molecular flexibility index (Phi) is 10.8. The van der Waals surface area contributed by atoms with Gasteiger partial charge in [0.2, 0.25) is 5.91 Å². The van der Waals surface area contributed by atoms with Crippen LogP contribution in [-0.4, -0.2) is 31.1 Å². The van der Waals surface area contributed by atoms with E-state index in [1.807, 2.05) is 6.92 Å². The second-order valence-corrected chi connectivity index (χ2v) is 2.85. The second kappa shape index (κ2) is 9.73. The second-order valence-electron chi connectivity index (χ2n) is 2.85. The van der Waals surface area contributed by atoms with Crippen molar-refractivity contribution in [1.29, 1.82) is 0 Å². The first-order chi connectivity index (χ1) is 6.61. The summed E-state index contributed by atoms with van der Waals surface area (Å²) in [6.07, 6.45) is 0.582. The summed E-state index contributed by atoms with van der Waals surface area (Å²) in [5.41, 5.74) is 5.49. The van der Waals surface area contributed by atoms with Crippen molar-refractivity contribution in [3.63, 3.8) is 0 Å². The van der Waals surface area contributed by atoms with E-state index < -0.39 is 12.0 Å². The van der Waals surface area contributed by atoms with Crippen LogP contribution < -0.4 is 11.1 Å². The molecule has 0 aromatic rings. The van der Waals surface area contributed by atoms with Crippen molar-refractivity contribution in [2.24, 2.45) is 5.73 Å². The Morgan fingerprint density at radius 3 is 2.47 bits per heavy atom. The van der Waals surface area contributed by atoms with E-state index in [0.717, 1.165) is 0 Å². The number of nitrogens with one attached hydrogen (secondary N) is 1. The fourth-order valence-electron chi connectivity index (χ4n) is 0.939. The first-order valence-corrected chi connectivity index (χ1v) is 4.80. The molecule has 90 valence electrons. The number of hydrogen-bond donors (Lipinski definition) is 2. The van der Waals surface area contributed by atoms with Crippen molar-refractivity contribution in [1.82, 2.24) is 5.32 Å². The van der Waals surface area contributed by atoms with Gasteiger partial charge in [0.1, 0.15) is 6.04 Å². The summed E-state index contributed by atoms with van der Waals surface area (Å²) in [4.78, 5) is 22.0. The number of hydrogen-bond acceptors (Lipinski definition) is 4. The summed E-state index contributed by atoms with van der Waals surface area (Å²) < 4.78 is 4.70. The third-order valence-electron chi connectivity index (χ3n) is 1.65. The van der Waals surface area contributed by atoms with Crippen LogP contribution in [0.4, 0.5) is 0 Å². The highest BCUT2D eigenvalue weighted by atomic mass is 35.5. The number of carbonyl (C=O) groups excluding carboxylic acids is 2. The Balaban J connectivity index is 0. The summed E-state index contributed by atoms with van der Waals surface area (Å²) in [6, 6.07) is -0.697.